The molecule has 0 aromatic heterocycles. The maximum Gasteiger partial charge on any atom is 0.294 e. The fraction of sp³-hybridized carbons (Fsp3) is 0.417. The van der Waals surface area contributed by atoms with Crippen LogP contribution in [0, 0.1) is 10.1 Å². The first-order valence-electron chi connectivity index (χ1n) is 5.74. The van der Waals surface area contributed by atoms with Gasteiger partial charge in [0, 0.05) is 25.3 Å². The minimum atomic E-state index is -0.683. The summed E-state index contributed by atoms with van der Waals surface area (Å²) < 4.78 is 5.16. The molecular formula is C12H16ClN3O4. The standard InChI is InChI=1S/C12H16ClN3O4/c1-12(2,20-3)6-15-11(17)7-4-8(13)10(14)9(5-7)16(18)19/h4-5H,6,14H2,1-3H3,(H,15,17). The Morgan fingerprint density at radius 1 is 1.55 bits per heavy atom. The first kappa shape index (κ1) is 16.2. The molecule has 7 nitrogen and oxygen atoms in total. The second-order valence-electron chi connectivity index (χ2n) is 4.79. The number of nitrogens with one attached hydrogen (secondary N) is 1. The molecule has 0 saturated heterocycles. The van der Waals surface area contributed by atoms with Crippen LogP contribution >= 0.6 is 11.6 Å². The monoisotopic (exact) mass is 301 g/mol. The number of anilines is 1. The molecule has 1 amide bonds. The van der Waals surface area contributed by atoms with Gasteiger partial charge in [-0.1, -0.05) is 11.6 Å². The maximum absolute atomic E-state index is 12.0. The van der Waals surface area contributed by atoms with Crippen molar-refractivity contribution in [1.29, 1.82) is 0 Å². The van der Waals surface area contributed by atoms with Crippen molar-refractivity contribution in [1.82, 2.24) is 5.32 Å². The minimum absolute atomic E-state index is 0.0321. The van der Waals surface area contributed by atoms with Crippen LogP contribution in [0.15, 0.2) is 12.1 Å². The average Bonchev–Trinajstić information content (AvgIpc) is 2.38. The molecule has 20 heavy (non-hydrogen) atoms. The van der Waals surface area contributed by atoms with Crippen LogP contribution in [-0.2, 0) is 4.74 Å². The van der Waals surface area contributed by atoms with Crippen molar-refractivity contribution in [3.05, 3.63) is 32.8 Å². The lowest BCUT2D eigenvalue weighted by Gasteiger charge is -2.23. The van der Waals surface area contributed by atoms with Crippen molar-refractivity contribution in [2.45, 2.75) is 19.4 Å². The van der Waals surface area contributed by atoms with E-state index in [0.29, 0.717) is 0 Å². The molecule has 0 bridgehead atoms. The van der Waals surface area contributed by atoms with E-state index < -0.39 is 22.1 Å². The smallest absolute Gasteiger partial charge is 0.294 e. The Morgan fingerprint density at radius 3 is 2.65 bits per heavy atom. The number of hydrogen-bond donors (Lipinski definition) is 2. The number of amides is 1. The van der Waals surface area contributed by atoms with Crippen LogP contribution in [0.4, 0.5) is 11.4 Å². The van der Waals surface area contributed by atoms with Crippen LogP contribution in [0.25, 0.3) is 0 Å². The van der Waals surface area contributed by atoms with Crippen LogP contribution in [0.5, 0.6) is 0 Å². The highest BCUT2D eigenvalue weighted by Crippen LogP contribution is 2.30. The zero-order chi connectivity index (χ0) is 15.5. The Morgan fingerprint density at radius 2 is 2.15 bits per heavy atom. The van der Waals surface area contributed by atoms with Gasteiger partial charge in [-0.25, -0.2) is 0 Å². The summed E-state index contributed by atoms with van der Waals surface area (Å²) in [5.74, 6) is -0.486. The predicted molar refractivity (Wildman–Crippen MR) is 75.9 cm³/mol. The van der Waals surface area contributed by atoms with Gasteiger partial charge >= 0.3 is 0 Å². The molecule has 0 heterocycles. The Balaban J connectivity index is 2.97. The molecule has 8 heteroatoms. The molecule has 0 aliphatic rings. The number of carbonyl (C=O) groups excluding carboxylic acids is 1. The van der Waals surface area contributed by atoms with Gasteiger partial charge in [-0.05, 0) is 19.9 Å². The molecule has 0 saturated carbocycles. The fourth-order valence-electron chi connectivity index (χ4n) is 1.35. The van der Waals surface area contributed by atoms with E-state index in [1.165, 1.54) is 13.2 Å². The molecule has 110 valence electrons. The van der Waals surface area contributed by atoms with Gasteiger partial charge in [0.05, 0.1) is 15.5 Å². The largest absolute Gasteiger partial charge is 0.392 e. The molecule has 1 rings (SSSR count). The van der Waals surface area contributed by atoms with Gasteiger partial charge < -0.3 is 15.8 Å². The fourth-order valence-corrected chi connectivity index (χ4v) is 1.57. The van der Waals surface area contributed by atoms with Gasteiger partial charge in [0.15, 0.2) is 0 Å². The van der Waals surface area contributed by atoms with E-state index in [1.54, 1.807) is 13.8 Å². The van der Waals surface area contributed by atoms with Gasteiger partial charge in [0.25, 0.3) is 11.6 Å². The maximum atomic E-state index is 12.0. The summed E-state index contributed by atoms with van der Waals surface area (Å²) in [6, 6.07) is 2.38. The number of nitro benzene ring substituents is 1. The highest BCUT2D eigenvalue weighted by atomic mass is 35.5. The van der Waals surface area contributed by atoms with Gasteiger partial charge in [0.1, 0.15) is 5.69 Å². The number of halogens is 1. The Bertz CT molecular complexity index is 546. The normalized spacial score (nSPS) is 11.2. The van der Waals surface area contributed by atoms with Crippen molar-refractivity contribution in [2.24, 2.45) is 0 Å². The molecular weight excluding hydrogens is 286 g/mol. The zero-order valence-electron chi connectivity index (χ0n) is 11.4. The summed E-state index contributed by atoms with van der Waals surface area (Å²) >= 11 is 5.79. The number of benzene rings is 1. The Kier molecular flexibility index (Phi) is 4.91. The number of rotatable bonds is 5. The molecule has 3 N–H and O–H groups in total. The predicted octanol–water partition coefficient (Wildman–Crippen LogP) is 1.99. The Hall–Kier alpha value is -1.86. The molecule has 0 unspecified atom stereocenters. The summed E-state index contributed by atoms with van der Waals surface area (Å²) in [7, 11) is 1.52. The van der Waals surface area contributed by atoms with Crippen molar-refractivity contribution >= 4 is 28.9 Å². The number of hydrogen-bond acceptors (Lipinski definition) is 5. The molecule has 0 radical (unpaired) electrons. The summed E-state index contributed by atoms with van der Waals surface area (Å²) in [6.45, 7) is 3.84. The molecule has 0 atom stereocenters. The molecule has 0 fully saturated rings. The third kappa shape index (κ3) is 3.82. The molecule has 1 aromatic rings. The summed E-state index contributed by atoms with van der Waals surface area (Å²) in [5, 5.41) is 13.4. The highest BCUT2D eigenvalue weighted by molar-refractivity contribution is 6.34. The lowest BCUT2D eigenvalue weighted by molar-refractivity contribution is -0.383. The second-order valence-corrected chi connectivity index (χ2v) is 5.20. The third-order valence-corrected chi connectivity index (χ3v) is 3.11. The minimum Gasteiger partial charge on any atom is -0.392 e. The van der Waals surface area contributed by atoms with Gasteiger partial charge in [-0.15, -0.1) is 0 Å². The summed E-state index contributed by atoms with van der Waals surface area (Å²) in [4.78, 5) is 22.1. The third-order valence-electron chi connectivity index (χ3n) is 2.79. The van der Waals surface area contributed by atoms with E-state index in [4.69, 9.17) is 22.1 Å². The number of nitro groups is 1. The van der Waals surface area contributed by atoms with Crippen molar-refractivity contribution in [3.8, 4) is 0 Å². The average molecular weight is 302 g/mol. The molecule has 0 aliphatic heterocycles. The van der Waals surface area contributed by atoms with E-state index in [-0.39, 0.29) is 22.8 Å². The molecule has 1 aromatic carbocycles. The van der Waals surface area contributed by atoms with Crippen molar-refractivity contribution in [2.75, 3.05) is 19.4 Å². The molecule has 0 aliphatic carbocycles. The van der Waals surface area contributed by atoms with Crippen LogP contribution in [0.1, 0.15) is 24.2 Å². The number of nitrogens with zero attached hydrogens (tertiary/aromatic N) is 1. The van der Waals surface area contributed by atoms with Crippen molar-refractivity contribution in [3.63, 3.8) is 0 Å². The number of methoxy groups -OCH3 is 1. The summed E-state index contributed by atoms with van der Waals surface area (Å²) in [5.41, 5.74) is 4.47. The lowest BCUT2D eigenvalue weighted by atomic mass is 10.1. The topological polar surface area (TPSA) is 107 Å². The summed E-state index contributed by atoms with van der Waals surface area (Å²) in [6.07, 6.45) is 0. The van der Waals surface area contributed by atoms with Crippen LogP contribution in [-0.4, -0.2) is 30.1 Å². The van der Waals surface area contributed by atoms with E-state index in [9.17, 15) is 14.9 Å². The molecule has 0 spiro atoms. The quantitative estimate of drug-likeness (QED) is 0.491. The second kappa shape index (κ2) is 6.06. The number of nitrogen functional groups attached to an aromatic ring is 1. The number of carbonyl (C=O) groups is 1. The first-order chi connectivity index (χ1) is 9.18. The van der Waals surface area contributed by atoms with E-state index in [1.807, 2.05) is 0 Å². The van der Waals surface area contributed by atoms with Crippen molar-refractivity contribution < 1.29 is 14.5 Å². The van der Waals surface area contributed by atoms with Crippen LogP contribution in [0.2, 0.25) is 5.02 Å². The van der Waals surface area contributed by atoms with Gasteiger partial charge in [0.2, 0.25) is 0 Å². The lowest BCUT2D eigenvalue weighted by Crippen LogP contribution is -2.39. The van der Waals surface area contributed by atoms with E-state index in [2.05, 4.69) is 5.32 Å². The van der Waals surface area contributed by atoms with Gasteiger partial charge in [-0.3, -0.25) is 14.9 Å². The highest BCUT2D eigenvalue weighted by Gasteiger charge is 2.21. The number of ether oxygens (including phenoxy) is 1. The number of nitrogens with two attached hydrogens (primary N) is 1. The van der Waals surface area contributed by atoms with E-state index in [0.717, 1.165) is 6.07 Å². The zero-order valence-corrected chi connectivity index (χ0v) is 12.2. The van der Waals surface area contributed by atoms with Crippen LogP contribution in [0.3, 0.4) is 0 Å². The SMILES string of the molecule is COC(C)(C)CNC(=O)c1cc(Cl)c(N)c([N+](=O)[O-])c1. The van der Waals surface area contributed by atoms with E-state index >= 15 is 0 Å². The van der Waals surface area contributed by atoms with Crippen LogP contribution < -0.4 is 11.1 Å². The van der Waals surface area contributed by atoms with Gasteiger partial charge in [-0.2, -0.15) is 0 Å². The Labute approximate surface area is 121 Å². The first-order valence-corrected chi connectivity index (χ1v) is 6.12.